The Hall–Kier alpha value is -4.13. The summed E-state index contributed by atoms with van der Waals surface area (Å²) in [5.74, 6) is -3.04. The van der Waals surface area contributed by atoms with Crippen molar-refractivity contribution in [3.05, 3.63) is 29.8 Å². The molecule has 1 saturated carbocycles. The highest BCUT2D eigenvalue weighted by atomic mass is 16.3. The molecule has 1 saturated heterocycles. The van der Waals surface area contributed by atoms with Crippen LogP contribution in [0.25, 0.3) is 0 Å². The number of aromatic hydroxyl groups is 1. The molecular weight excluding hydrogens is 725 g/mol. The number of nitrogens with two attached hydrogens (primary N) is 2. The number of unbranched alkanes of at least 4 members (excludes halogenated alkanes) is 1. The van der Waals surface area contributed by atoms with Gasteiger partial charge < -0.3 is 32.1 Å². The van der Waals surface area contributed by atoms with E-state index in [2.05, 4.69) is 15.6 Å². The minimum atomic E-state index is -0.910. The van der Waals surface area contributed by atoms with Crippen molar-refractivity contribution in [3.63, 3.8) is 0 Å². The number of amides is 2. The highest BCUT2D eigenvalue weighted by molar-refractivity contribution is 5.96. The summed E-state index contributed by atoms with van der Waals surface area (Å²) in [6.07, 6.45) is 6.94. The normalized spacial score (nSPS) is 17.7. The van der Waals surface area contributed by atoms with E-state index in [9.17, 15) is 33.9 Å². The van der Waals surface area contributed by atoms with Crippen LogP contribution in [0.4, 0.5) is 0 Å². The van der Waals surface area contributed by atoms with Crippen LogP contribution in [0.15, 0.2) is 29.3 Å². The summed E-state index contributed by atoms with van der Waals surface area (Å²) in [5, 5.41) is 16.3. The number of likely N-dealkylation sites (tertiary alicyclic amines) is 1. The van der Waals surface area contributed by atoms with Crippen LogP contribution in [0.5, 0.6) is 5.75 Å². The Kier molecular flexibility index (Phi) is 18.8. The van der Waals surface area contributed by atoms with E-state index in [0.29, 0.717) is 57.7 Å². The van der Waals surface area contributed by atoms with Crippen LogP contribution in [-0.4, -0.2) is 88.7 Å². The number of benzene rings is 1. The number of nitrogens with one attached hydrogen (secondary N) is 2. The molecule has 0 spiro atoms. The molecule has 0 unspecified atom stereocenters. The van der Waals surface area contributed by atoms with Gasteiger partial charge in [0.2, 0.25) is 11.8 Å². The third kappa shape index (κ3) is 16.7. The van der Waals surface area contributed by atoms with Gasteiger partial charge in [-0.1, -0.05) is 46.8 Å². The predicted molar refractivity (Wildman–Crippen MR) is 222 cm³/mol. The molecule has 3 rings (SSSR count). The van der Waals surface area contributed by atoms with E-state index >= 15 is 0 Å². The van der Waals surface area contributed by atoms with E-state index in [1.807, 2.05) is 34.6 Å². The number of Topliss-reactive ketones (excluding diaryl/α,β-unsaturated/α-hetero) is 4. The minimum absolute atomic E-state index is 0.00366. The van der Waals surface area contributed by atoms with Crippen molar-refractivity contribution < 1.29 is 33.9 Å². The first-order valence-electron chi connectivity index (χ1n) is 21.1. The molecule has 1 aromatic rings. The Morgan fingerprint density at radius 1 is 0.912 bits per heavy atom. The summed E-state index contributed by atoms with van der Waals surface area (Å²) < 4.78 is 0. The average Bonchev–Trinajstić information content (AvgIpc) is 3.82. The first-order valence-corrected chi connectivity index (χ1v) is 21.1. The van der Waals surface area contributed by atoms with Crippen molar-refractivity contribution in [3.8, 4) is 5.75 Å². The highest BCUT2D eigenvalue weighted by Gasteiger charge is 2.40. The van der Waals surface area contributed by atoms with Crippen molar-refractivity contribution in [2.24, 2.45) is 45.5 Å². The Morgan fingerprint density at radius 3 is 2.19 bits per heavy atom. The summed E-state index contributed by atoms with van der Waals surface area (Å²) in [4.78, 5) is 87.8. The Bertz CT molecular complexity index is 1540. The molecule has 5 atom stereocenters. The monoisotopic (exact) mass is 795 g/mol. The van der Waals surface area contributed by atoms with Crippen molar-refractivity contribution in [2.45, 2.75) is 150 Å². The molecule has 1 aliphatic carbocycles. The number of rotatable bonds is 26. The summed E-state index contributed by atoms with van der Waals surface area (Å²) in [6, 6.07) is 5.35. The smallest absolute Gasteiger partial charge is 0.226 e. The van der Waals surface area contributed by atoms with Gasteiger partial charge >= 0.3 is 0 Å². The maximum atomic E-state index is 14.3. The molecule has 318 valence electrons. The zero-order valence-corrected chi connectivity index (χ0v) is 35.3. The second kappa shape index (κ2) is 22.7. The van der Waals surface area contributed by atoms with Crippen molar-refractivity contribution >= 4 is 40.9 Å². The largest absolute Gasteiger partial charge is 0.508 e. The second-order valence-electron chi connectivity index (χ2n) is 17.9. The molecule has 57 heavy (non-hydrogen) atoms. The van der Waals surface area contributed by atoms with Gasteiger partial charge in [-0.25, -0.2) is 0 Å². The number of hydrogen-bond donors (Lipinski definition) is 5. The summed E-state index contributed by atoms with van der Waals surface area (Å²) in [5.41, 5.74) is 11.1. The lowest BCUT2D eigenvalue weighted by Gasteiger charge is -2.33. The van der Waals surface area contributed by atoms with Crippen LogP contribution < -0.4 is 22.1 Å². The lowest BCUT2D eigenvalue weighted by Crippen LogP contribution is -2.52. The average molecular weight is 795 g/mol. The topological polar surface area (TPSA) is 214 Å². The van der Waals surface area contributed by atoms with Gasteiger partial charge in [-0.05, 0) is 107 Å². The van der Waals surface area contributed by atoms with E-state index in [0.717, 1.165) is 24.9 Å². The fraction of sp³-hybridized carbons (Fsp3) is 0.705. The number of carbonyl (C=O) groups excluding carboxylic acids is 6. The van der Waals surface area contributed by atoms with Crippen molar-refractivity contribution in [1.29, 1.82) is 0 Å². The van der Waals surface area contributed by atoms with Gasteiger partial charge in [0, 0.05) is 62.6 Å². The standard InChI is InChI=1S/C44H70N6O7/c1-28(2)23-32(29(3)51)26-39(55)40(44(4,5)6)49-41(56)33(24-30-14-18-35(52)19-15-30)27-38(54)37-13-10-22-50(37)42(57)31(11-9-21-48-43(45)46)25-36(53)12-7-8-20-47-34-16-17-34/h14-15,18-19,28,31-34,37,40,47,52H,7-13,16-17,20-27H2,1-6H3,(H,49,56)(H4,45,46,48)/t31-,32-,33-,37+,40-/m1/s1. The second-order valence-corrected chi connectivity index (χ2v) is 17.9. The summed E-state index contributed by atoms with van der Waals surface area (Å²) >= 11 is 0. The first-order chi connectivity index (χ1) is 26.8. The zero-order valence-electron chi connectivity index (χ0n) is 35.3. The van der Waals surface area contributed by atoms with Gasteiger partial charge in [-0.3, -0.25) is 33.8 Å². The molecule has 13 heteroatoms. The molecule has 2 aliphatic rings. The summed E-state index contributed by atoms with van der Waals surface area (Å²) in [7, 11) is 0. The number of ketones is 4. The number of carbonyl (C=O) groups is 6. The lowest BCUT2D eigenvalue weighted by molar-refractivity contribution is -0.143. The molecule has 1 aromatic carbocycles. The molecule has 13 nitrogen and oxygen atoms in total. The van der Waals surface area contributed by atoms with Crippen LogP contribution in [0.2, 0.25) is 0 Å². The molecule has 0 aromatic heterocycles. The van der Waals surface area contributed by atoms with Crippen molar-refractivity contribution in [1.82, 2.24) is 15.5 Å². The van der Waals surface area contributed by atoms with E-state index < -0.39 is 41.2 Å². The third-order valence-corrected chi connectivity index (χ3v) is 11.1. The van der Waals surface area contributed by atoms with E-state index in [-0.39, 0.29) is 72.4 Å². The van der Waals surface area contributed by atoms with Crippen LogP contribution in [0.3, 0.4) is 0 Å². The van der Waals surface area contributed by atoms with Gasteiger partial charge in [0.25, 0.3) is 0 Å². The number of guanidine groups is 1. The lowest BCUT2D eigenvalue weighted by atomic mass is 9.79. The molecule has 7 N–H and O–H groups in total. The highest BCUT2D eigenvalue weighted by Crippen LogP contribution is 2.29. The quantitative estimate of drug-likeness (QED) is 0.0491. The number of phenols is 1. The third-order valence-electron chi connectivity index (χ3n) is 11.1. The SMILES string of the molecule is CC(=O)[C@@H](CC(=O)[C@@H](NC(=O)[C@@H](CC(=O)[C@@H]1CCCN1C(=O)[C@H](CCCN=C(N)N)CC(=O)CCCCNC1CC1)Cc1ccc(O)cc1)C(C)(C)C)CC(C)C. The van der Waals surface area contributed by atoms with Gasteiger partial charge in [0.05, 0.1) is 12.1 Å². The minimum Gasteiger partial charge on any atom is -0.508 e. The first kappa shape index (κ1) is 47.2. The summed E-state index contributed by atoms with van der Waals surface area (Å²) in [6.45, 7) is 12.6. The zero-order chi connectivity index (χ0) is 42.3. The Morgan fingerprint density at radius 2 is 1.60 bits per heavy atom. The molecule has 1 heterocycles. The van der Waals surface area contributed by atoms with Gasteiger partial charge in [-0.2, -0.15) is 0 Å². The molecule has 1 aliphatic heterocycles. The maximum Gasteiger partial charge on any atom is 0.226 e. The van der Waals surface area contributed by atoms with Gasteiger partial charge in [0.1, 0.15) is 17.3 Å². The Labute approximate surface area is 339 Å². The fourth-order valence-electron chi connectivity index (χ4n) is 7.79. The maximum absolute atomic E-state index is 14.3. The van der Waals surface area contributed by atoms with Crippen LogP contribution >= 0.6 is 0 Å². The Balaban J connectivity index is 1.79. The molecule has 0 radical (unpaired) electrons. The van der Waals surface area contributed by atoms with Crippen LogP contribution in [-0.2, 0) is 35.2 Å². The van der Waals surface area contributed by atoms with Crippen molar-refractivity contribution in [2.75, 3.05) is 19.6 Å². The fourth-order valence-corrected chi connectivity index (χ4v) is 7.79. The number of phenolic OH excluding ortho intramolecular Hbond substituents is 1. The molecular formula is C44H70N6O7. The number of hydrogen-bond acceptors (Lipinski definition) is 9. The van der Waals surface area contributed by atoms with E-state index in [1.54, 1.807) is 17.0 Å². The number of nitrogens with zero attached hydrogens (tertiary/aromatic N) is 2. The van der Waals surface area contributed by atoms with Gasteiger partial charge in [-0.15, -0.1) is 0 Å². The molecule has 2 fully saturated rings. The van der Waals surface area contributed by atoms with E-state index in [4.69, 9.17) is 11.5 Å². The van der Waals surface area contributed by atoms with Crippen LogP contribution in [0.1, 0.15) is 131 Å². The van der Waals surface area contributed by atoms with Gasteiger partial charge in [0.15, 0.2) is 17.5 Å². The van der Waals surface area contributed by atoms with E-state index in [1.165, 1.54) is 31.9 Å². The molecule has 2 amide bonds. The number of aliphatic imine (C=N–C) groups is 1. The molecule has 0 bridgehead atoms. The van der Waals surface area contributed by atoms with Crippen LogP contribution in [0, 0.1) is 29.1 Å². The predicted octanol–water partition coefficient (Wildman–Crippen LogP) is 4.79.